The summed E-state index contributed by atoms with van der Waals surface area (Å²) in [4.78, 5) is 6.53. The van der Waals surface area contributed by atoms with Gasteiger partial charge in [0.25, 0.3) is 0 Å². The Morgan fingerprint density at radius 3 is 2.57 bits per heavy atom. The third kappa shape index (κ3) is 2.99. The van der Waals surface area contributed by atoms with Gasteiger partial charge in [-0.2, -0.15) is 0 Å². The molecule has 0 saturated heterocycles. The predicted molar refractivity (Wildman–Crippen MR) is 90.5 cm³/mol. The fourth-order valence-corrected chi connectivity index (χ4v) is 4.59. The van der Waals surface area contributed by atoms with Gasteiger partial charge in [0.1, 0.15) is 0 Å². The summed E-state index contributed by atoms with van der Waals surface area (Å²) >= 11 is 1.51. The van der Waals surface area contributed by atoms with Crippen LogP contribution in [-0.2, 0) is 16.6 Å². The van der Waals surface area contributed by atoms with Crippen LogP contribution in [0.2, 0.25) is 0 Å². The van der Waals surface area contributed by atoms with Crippen molar-refractivity contribution in [3.05, 3.63) is 54.1 Å². The van der Waals surface area contributed by atoms with E-state index in [1.807, 2.05) is 67.5 Å². The van der Waals surface area contributed by atoms with E-state index >= 15 is 0 Å². The average Bonchev–Trinajstić information content (AvgIpc) is 2.91. The molecule has 0 bridgehead atoms. The molecule has 5 heteroatoms. The van der Waals surface area contributed by atoms with Crippen molar-refractivity contribution in [1.29, 1.82) is 0 Å². The van der Waals surface area contributed by atoms with Crippen LogP contribution in [0.4, 0.5) is 5.69 Å². The van der Waals surface area contributed by atoms with Gasteiger partial charge in [-0.3, -0.25) is 4.21 Å². The van der Waals surface area contributed by atoms with Gasteiger partial charge in [-0.05, 0) is 23.8 Å². The minimum Gasteiger partial charge on any atom is -0.377 e. The number of hydrogen-bond acceptors (Lipinski definition) is 4. The summed E-state index contributed by atoms with van der Waals surface area (Å²) in [5.74, 6) is 0.494. The number of hydrogen-bond donors (Lipinski definition) is 0. The van der Waals surface area contributed by atoms with Crippen LogP contribution in [0, 0.1) is 0 Å². The molecule has 0 radical (unpaired) electrons. The number of rotatable bonds is 4. The van der Waals surface area contributed by atoms with E-state index < -0.39 is 10.8 Å². The number of thiazole rings is 1. The Balaban J connectivity index is 1.89. The minimum absolute atomic E-state index is 0.494. The second kappa shape index (κ2) is 5.95. The summed E-state index contributed by atoms with van der Waals surface area (Å²) in [7, 11) is 2.89. The van der Waals surface area contributed by atoms with E-state index in [2.05, 4.69) is 4.98 Å². The fourth-order valence-electron chi connectivity index (χ4n) is 2.22. The molecule has 0 amide bonds. The number of para-hydroxylation sites is 2. The van der Waals surface area contributed by atoms with Crippen LogP contribution in [0.1, 0.15) is 5.56 Å². The minimum atomic E-state index is -1.11. The number of aromatic nitrogens is 1. The van der Waals surface area contributed by atoms with Crippen molar-refractivity contribution >= 4 is 38.0 Å². The molecule has 3 aromatic rings. The van der Waals surface area contributed by atoms with E-state index in [4.69, 9.17) is 0 Å². The van der Waals surface area contributed by atoms with Crippen LogP contribution >= 0.6 is 11.3 Å². The molecule has 1 heterocycles. The van der Waals surface area contributed by atoms with Crippen molar-refractivity contribution in [3.63, 3.8) is 0 Å². The Morgan fingerprint density at radius 1 is 1.10 bits per heavy atom. The van der Waals surface area contributed by atoms with Gasteiger partial charge >= 0.3 is 0 Å². The van der Waals surface area contributed by atoms with Gasteiger partial charge in [0.05, 0.1) is 26.8 Å². The first-order valence-corrected chi connectivity index (χ1v) is 8.78. The zero-order valence-corrected chi connectivity index (χ0v) is 13.6. The summed E-state index contributed by atoms with van der Waals surface area (Å²) in [6.45, 7) is 0. The lowest BCUT2D eigenvalue weighted by atomic mass is 10.2. The highest BCUT2D eigenvalue weighted by Gasteiger charge is 2.13. The second-order valence-electron chi connectivity index (χ2n) is 4.96. The molecule has 3 rings (SSSR count). The quantitative estimate of drug-likeness (QED) is 0.736. The lowest BCUT2D eigenvalue weighted by Crippen LogP contribution is -2.12. The van der Waals surface area contributed by atoms with Crippen LogP contribution in [0.3, 0.4) is 0 Å². The van der Waals surface area contributed by atoms with Gasteiger partial charge in [-0.25, -0.2) is 4.98 Å². The first-order valence-electron chi connectivity index (χ1n) is 6.64. The van der Waals surface area contributed by atoms with Crippen LogP contribution < -0.4 is 4.90 Å². The van der Waals surface area contributed by atoms with Crippen molar-refractivity contribution in [2.75, 3.05) is 19.0 Å². The Labute approximate surface area is 130 Å². The number of fused-ring (bicyclic) bond motifs is 1. The van der Waals surface area contributed by atoms with E-state index in [0.29, 0.717) is 10.1 Å². The molecule has 0 N–H and O–H groups in total. The lowest BCUT2D eigenvalue weighted by Gasteiger charge is -2.16. The Kier molecular flexibility index (Phi) is 4.03. The molecular formula is C16H16N2OS2. The summed E-state index contributed by atoms with van der Waals surface area (Å²) in [6, 6.07) is 16.0. The monoisotopic (exact) mass is 316 g/mol. The van der Waals surface area contributed by atoms with Crippen molar-refractivity contribution in [1.82, 2.24) is 4.98 Å². The second-order valence-corrected chi connectivity index (χ2v) is 7.62. The van der Waals surface area contributed by atoms with Gasteiger partial charge in [-0.1, -0.05) is 30.3 Å². The number of anilines is 1. The average molecular weight is 316 g/mol. The third-order valence-corrected chi connectivity index (χ3v) is 5.92. The zero-order chi connectivity index (χ0) is 14.8. The highest BCUT2D eigenvalue weighted by molar-refractivity contribution is 7.86. The summed E-state index contributed by atoms with van der Waals surface area (Å²) in [5.41, 5.74) is 3.11. The van der Waals surface area contributed by atoms with E-state index in [1.54, 1.807) is 0 Å². The molecule has 0 spiro atoms. The van der Waals surface area contributed by atoms with E-state index in [9.17, 15) is 4.21 Å². The fraction of sp³-hybridized carbons (Fsp3) is 0.188. The standard InChI is InChI=1S/C16H16N2OS2/c1-18(2)14-9-5-3-7-12(14)11-21(19)16-17-13-8-4-6-10-15(13)20-16/h3-10H,11H2,1-2H3. The van der Waals surface area contributed by atoms with E-state index in [-0.39, 0.29) is 0 Å². The maximum atomic E-state index is 12.6. The molecule has 0 saturated carbocycles. The molecule has 1 unspecified atom stereocenters. The SMILES string of the molecule is CN(C)c1ccccc1CS(=O)c1nc2ccccc2s1. The highest BCUT2D eigenvalue weighted by Crippen LogP contribution is 2.27. The molecule has 108 valence electrons. The summed E-state index contributed by atoms with van der Waals surface area (Å²) < 4.78 is 14.4. The lowest BCUT2D eigenvalue weighted by molar-refractivity contribution is 0.682. The zero-order valence-electron chi connectivity index (χ0n) is 11.9. The summed E-state index contributed by atoms with van der Waals surface area (Å²) in [6.07, 6.45) is 0. The Hall–Kier alpha value is -1.72. The molecule has 1 atom stereocenters. The Bertz CT molecular complexity index is 763. The van der Waals surface area contributed by atoms with Gasteiger partial charge in [0.15, 0.2) is 4.34 Å². The van der Waals surface area contributed by atoms with Crippen molar-refractivity contribution < 1.29 is 4.21 Å². The maximum absolute atomic E-state index is 12.6. The van der Waals surface area contributed by atoms with Crippen molar-refractivity contribution in [2.24, 2.45) is 0 Å². The largest absolute Gasteiger partial charge is 0.377 e. The molecular weight excluding hydrogens is 300 g/mol. The predicted octanol–water partition coefficient (Wildman–Crippen LogP) is 3.67. The number of nitrogens with zero attached hydrogens (tertiary/aromatic N) is 2. The molecule has 0 aliphatic rings. The normalized spacial score (nSPS) is 12.5. The number of benzene rings is 2. The van der Waals surface area contributed by atoms with Crippen LogP contribution in [-0.4, -0.2) is 23.3 Å². The van der Waals surface area contributed by atoms with Gasteiger partial charge in [0, 0.05) is 19.8 Å². The third-order valence-electron chi connectivity index (χ3n) is 3.23. The van der Waals surface area contributed by atoms with Crippen LogP contribution in [0.25, 0.3) is 10.2 Å². The smallest absolute Gasteiger partial charge is 0.182 e. The van der Waals surface area contributed by atoms with Gasteiger partial charge < -0.3 is 4.90 Å². The Morgan fingerprint density at radius 2 is 1.81 bits per heavy atom. The highest BCUT2D eigenvalue weighted by atomic mass is 32.2. The molecule has 0 fully saturated rings. The first kappa shape index (κ1) is 14.2. The molecule has 0 aliphatic heterocycles. The molecule has 2 aromatic carbocycles. The van der Waals surface area contributed by atoms with Crippen LogP contribution in [0.15, 0.2) is 52.9 Å². The van der Waals surface area contributed by atoms with E-state index in [1.165, 1.54) is 11.3 Å². The topological polar surface area (TPSA) is 33.2 Å². The first-order chi connectivity index (χ1) is 10.1. The molecule has 3 nitrogen and oxygen atoms in total. The van der Waals surface area contributed by atoms with Crippen LogP contribution in [0.5, 0.6) is 0 Å². The maximum Gasteiger partial charge on any atom is 0.182 e. The van der Waals surface area contributed by atoms with Crippen molar-refractivity contribution in [2.45, 2.75) is 10.1 Å². The molecule has 0 aliphatic carbocycles. The molecule has 21 heavy (non-hydrogen) atoms. The van der Waals surface area contributed by atoms with E-state index in [0.717, 1.165) is 21.5 Å². The summed E-state index contributed by atoms with van der Waals surface area (Å²) in [5, 5.41) is 0. The van der Waals surface area contributed by atoms with Gasteiger partial charge in [-0.15, -0.1) is 11.3 Å². The van der Waals surface area contributed by atoms with Gasteiger partial charge in [0.2, 0.25) is 0 Å². The van der Waals surface area contributed by atoms with Crippen molar-refractivity contribution in [3.8, 4) is 0 Å². The molecule has 1 aromatic heterocycles.